The first-order valence-electron chi connectivity index (χ1n) is 8.62. The van der Waals surface area contributed by atoms with E-state index in [1.165, 1.54) is 11.5 Å². The molecule has 1 amide bonds. The van der Waals surface area contributed by atoms with Crippen LogP contribution in [-0.4, -0.2) is 27.6 Å². The summed E-state index contributed by atoms with van der Waals surface area (Å²) in [5.74, 6) is 4.97. The van der Waals surface area contributed by atoms with Gasteiger partial charge in [-0.2, -0.15) is 4.37 Å². The third-order valence-corrected chi connectivity index (χ3v) is 5.17. The smallest absolute Gasteiger partial charge is 0.411 e. The van der Waals surface area contributed by atoms with Gasteiger partial charge < -0.3 is 9.84 Å². The van der Waals surface area contributed by atoms with Gasteiger partial charge in [0.25, 0.3) is 0 Å². The lowest BCUT2D eigenvalue weighted by atomic mass is 10.1. The third-order valence-electron chi connectivity index (χ3n) is 4.19. The zero-order valence-corrected chi connectivity index (χ0v) is 16.1. The standard InChI is InChI=1S/C20H20N2O4S/c1-12(2)26-19(25)21-16-13(3)22-27-17(16)15-6-4-14(5-7-15)8-9-20(10-11-20)18(23)24/h4-7,12H,10-11H2,1-3H3,(H,21,25)(H,23,24). The molecule has 3 rings (SSSR count). The van der Waals surface area contributed by atoms with E-state index in [2.05, 4.69) is 21.5 Å². The second kappa shape index (κ2) is 7.41. The number of aromatic nitrogens is 1. The van der Waals surface area contributed by atoms with Gasteiger partial charge in [-0.05, 0) is 62.8 Å². The number of carbonyl (C=O) groups is 2. The minimum atomic E-state index is -0.860. The number of amides is 1. The molecule has 2 aromatic rings. The number of hydrogen-bond acceptors (Lipinski definition) is 5. The van der Waals surface area contributed by atoms with E-state index >= 15 is 0 Å². The largest absolute Gasteiger partial charge is 0.480 e. The van der Waals surface area contributed by atoms with Crippen LogP contribution in [0.2, 0.25) is 0 Å². The van der Waals surface area contributed by atoms with E-state index in [-0.39, 0.29) is 6.10 Å². The molecule has 140 valence electrons. The molecule has 1 aliphatic carbocycles. The molecule has 2 N–H and O–H groups in total. The summed E-state index contributed by atoms with van der Waals surface area (Å²) >= 11 is 1.29. The fourth-order valence-corrected chi connectivity index (χ4v) is 3.32. The summed E-state index contributed by atoms with van der Waals surface area (Å²) in [6, 6.07) is 7.45. The van der Waals surface area contributed by atoms with Gasteiger partial charge in [0.2, 0.25) is 0 Å². The number of nitrogens with zero attached hydrogens (tertiary/aromatic N) is 1. The molecular formula is C20H20N2O4S. The van der Waals surface area contributed by atoms with Gasteiger partial charge in [-0.1, -0.05) is 24.0 Å². The van der Waals surface area contributed by atoms with Gasteiger partial charge in [0.05, 0.1) is 22.4 Å². The molecular weight excluding hydrogens is 364 g/mol. The van der Waals surface area contributed by atoms with Crippen LogP contribution in [0.1, 0.15) is 37.9 Å². The van der Waals surface area contributed by atoms with Gasteiger partial charge in [-0.25, -0.2) is 4.79 Å². The van der Waals surface area contributed by atoms with Crippen LogP contribution in [0.3, 0.4) is 0 Å². The van der Waals surface area contributed by atoms with Crippen molar-refractivity contribution in [2.45, 2.75) is 39.7 Å². The maximum atomic E-state index is 11.9. The van der Waals surface area contributed by atoms with E-state index in [1.54, 1.807) is 13.8 Å². The number of ether oxygens (including phenoxy) is 1. The molecule has 1 aliphatic rings. The van der Waals surface area contributed by atoms with Crippen molar-refractivity contribution in [2.75, 3.05) is 5.32 Å². The van der Waals surface area contributed by atoms with E-state index in [1.807, 2.05) is 31.2 Å². The first-order valence-corrected chi connectivity index (χ1v) is 9.39. The predicted octanol–water partition coefficient (Wildman–Crippen LogP) is 4.29. The number of hydrogen-bond donors (Lipinski definition) is 2. The topological polar surface area (TPSA) is 88.5 Å². The molecule has 0 unspecified atom stereocenters. The summed E-state index contributed by atoms with van der Waals surface area (Å²) in [6.07, 6.45) is 0.489. The molecule has 0 radical (unpaired) electrons. The number of aryl methyl sites for hydroxylation is 1. The van der Waals surface area contributed by atoms with Crippen LogP contribution >= 0.6 is 11.5 Å². The van der Waals surface area contributed by atoms with E-state index in [9.17, 15) is 14.7 Å². The molecule has 0 atom stereocenters. The Kier molecular flexibility index (Phi) is 5.19. The second-order valence-electron chi connectivity index (χ2n) is 6.77. The Morgan fingerprint density at radius 3 is 2.52 bits per heavy atom. The minimum absolute atomic E-state index is 0.209. The lowest BCUT2D eigenvalue weighted by Gasteiger charge is -2.10. The van der Waals surface area contributed by atoms with Crippen molar-refractivity contribution in [1.29, 1.82) is 0 Å². The van der Waals surface area contributed by atoms with Gasteiger partial charge in [0.1, 0.15) is 5.41 Å². The van der Waals surface area contributed by atoms with Gasteiger partial charge >= 0.3 is 12.1 Å². The SMILES string of the molecule is Cc1nsc(-c2ccc(C#CC3(C(=O)O)CC3)cc2)c1NC(=O)OC(C)C. The molecule has 7 heteroatoms. The highest BCUT2D eigenvalue weighted by Gasteiger charge is 2.49. The first-order chi connectivity index (χ1) is 12.8. The molecule has 1 aromatic carbocycles. The fraction of sp³-hybridized carbons (Fsp3) is 0.350. The number of carbonyl (C=O) groups excluding carboxylic acids is 1. The van der Waals surface area contributed by atoms with Crippen LogP contribution in [-0.2, 0) is 9.53 Å². The number of rotatable bonds is 4. The monoisotopic (exact) mass is 384 g/mol. The van der Waals surface area contributed by atoms with Crippen LogP contribution in [0.15, 0.2) is 24.3 Å². The lowest BCUT2D eigenvalue weighted by molar-refractivity contribution is -0.141. The van der Waals surface area contributed by atoms with Crippen LogP contribution in [0, 0.1) is 24.2 Å². The number of carboxylic acid groups (broad SMARTS) is 1. The van der Waals surface area contributed by atoms with Crippen LogP contribution < -0.4 is 5.32 Å². The Morgan fingerprint density at radius 1 is 1.30 bits per heavy atom. The molecule has 0 saturated heterocycles. The van der Waals surface area contributed by atoms with Gasteiger partial charge in [-0.15, -0.1) is 0 Å². The predicted molar refractivity (Wildman–Crippen MR) is 104 cm³/mol. The fourth-order valence-electron chi connectivity index (χ4n) is 2.47. The summed E-state index contributed by atoms with van der Waals surface area (Å²) < 4.78 is 9.46. The van der Waals surface area contributed by atoms with Crippen molar-refractivity contribution in [2.24, 2.45) is 5.41 Å². The second-order valence-corrected chi connectivity index (χ2v) is 7.54. The van der Waals surface area contributed by atoms with Gasteiger partial charge in [-0.3, -0.25) is 10.1 Å². The lowest BCUT2D eigenvalue weighted by Crippen LogP contribution is -2.18. The Bertz CT molecular complexity index is 931. The zero-order valence-electron chi connectivity index (χ0n) is 15.3. The van der Waals surface area contributed by atoms with Gasteiger partial charge in [0, 0.05) is 5.56 Å². The maximum absolute atomic E-state index is 11.9. The van der Waals surface area contributed by atoms with E-state index < -0.39 is 17.5 Å². The average Bonchev–Trinajstić information content (AvgIpc) is 3.33. The first kappa shape index (κ1) is 18.9. The maximum Gasteiger partial charge on any atom is 0.411 e. The molecule has 1 aromatic heterocycles. The summed E-state index contributed by atoms with van der Waals surface area (Å²) in [5, 5.41) is 11.9. The third kappa shape index (κ3) is 4.29. The molecule has 6 nitrogen and oxygen atoms in total. The number of anilines is 1. The number of benzene rings is 1. The van der Waals surface area contributed by atoms with E-state index in [0.717, 1.165) is 21.7 Å². The van der Waals surface area contributed by atoms with Gasteiger partial charge in [0.15, 0.2) is 0 Å². The van der Waals surface area contributed by atoms with E-state index in [4.69, 9.17) is 4.74 Å². The summed E-state index contributed by atoms with van der Waals surface area (Å²) in [5.41, 5.74) is 2.14. The minimum Gasteiger partial charge on any atom is -0.480 e. The molecule has 1 saturated carbocycles. The molecule has 1 fully saturated rings. The average molecular weight is 384 g/mol. The number of carboxylic acids is 1. The summed E-state index contributed by atoms with van der Waals surface area (Å²) in [7, 11) is 0. The number of nitrogens with one attached hydrogen (secondary N) is 1. The van der Waals surface area contributed by atoms with Crippen molar-refractivity contribution in [3.8, 4) is 22.3 Å². The van der Waals surface area contributed by atoms with Crippen molar-refractivity contribution < 1.29 is 19.4 Å². The van der Waals surface area contributed by atoms with Crippen molar-refractivity contribution in [3.63, 3.8) is 0 Å². The highest BCUT2D eigenvalue weighted by molar-refractivity contribution is 7.10. The highest BCUT2D eigenvalue weighted by atomic mass is 32.1. The Labute approximate surface area is 161 Å². The van der Waals surface area contributed by atoms with Crippen LogP contribution in [0.5, 0.6) is 0 Å². The Morgan fingerprint density at radius 2 is 1.96 bits per heavy atom. The van der Waals surface area contributed by atoms with Crippen molar-refractivity contribution in [3.05, 3.63) is 35.5 Å². The molecule has 0 aliphatic heterocycles. The van der Waals surface area contributed by atoms with Crippen LogP contribution in [0.25, 0.3) is 10.4 Å². The Balaban J connectivity index is 1.79. The quantitative estimate of drug-likeness (QED) is 0.768. The summed E-state index contributed by atoms with van der Waals surface area (Å²) in [6.45, 7) is 5.40. The Hall–Kier alpha value is -2.85. The molecule has 0 bridgehead atoms. The highest BCUT2D eigenvalue weighted by Crippen LogP contribution is 2.45. The van der Waals surface area contributed by atoms with Crippen LogP contribution in [0.4, 0.5) is 10.5 Å². The molecule has 1 heterocycles. The van der Waals surface area contributed by atoms with Crippen molar-refractivity contribution in [1.82, 2.24) is 4.37 Å². The number of aliphatic carboxylic acids is 1. The zero-order chi connectivity index (χ0) is 19.6. The molecule has 27 heavy (non-hydrogen) atoms. The normalized spacial score (nSPS) is 14.2. The van der Waals surface area contributed by atoms with Crippen molar-refractivity contribution >= 4 is 29.3 Å². The molecule has 0 spiro atoms. The van der Waals surface area contributed by atoms with E-state index in [0.29, 0.717) is 18.5 Å². The summed E-state index contributed by atoms with van der Waals surface area (Å²) in [4.78, 5) is 23.9.